The molecule has 1 atom stereocenters. The minimum absolute atomic E-state index is 0.0132. The molecule has 126 valence electrons. The topological polar surface area (TPSA) is 86.9 Å². The Morgan fingerprint density at radius 3 is 3.04 bits per heavy atom. The number of rotatable bonds is 3. The monoisotopic (exact) mass is 356 g/mol. The van der Waals surface area contributed by atoms with E-state index in [0.717, 1.165) is 11.4 Å². The number of carbonyl (C=O) groups excluding carboxylic acids is 2. The van der Waals surface area contributed by atoms with Crippen LogP contribution in [0.15, 0.2) is 41.9 Å². The zero-order valence-electron chi connectivity index (χ0n) is 12.9. The van der Waals surface area contributed by atoms with Crippen LogP contribution in [-0.2, 0) is 9.59 Å². The van der Waals surface area contributed by atoms with Gasteiger partial charge in [-0.15, -0.1) is 11.3 Å². The van der Waals surface area contributed by atoms with E-state index in [1.807, 2.05) is 17.5 Å². The number of H-pyrrole nitrogens is 1. The summed E-state index contributed by atoms with van der Waals surface area (Å²) in [5.41, 5.74) is 2.52. The van der Waals surface area contributed by atoms with Gasteiger partial charge in [0.05, 0.1) is 17.3 Å². The minimum Gasteiger partial charge on any atom is -0.360 e. The average Bonchev–Trinajstić information content (AvgIpc) is 3.24. The highest BCUT2D eigenvalue weighted by Gasteiger charge is 2.31. The van der Waals surface area contributed by atoms with Crippen LogP contribution in [0.25, 0.3) is 11.4 Å². The molecular weight excluding hydrogens is 343 g/mol. The molecule has 0 spiro atoms. The Bertz CT molecular complexity index is 951. The summed E-state index contributed by atoms with van der Waals surface area (Å²) >= 11 is 1.30. The van der Waals surface area contributed by atoms with Crippen molar-refractivity contribution < 1.29 is 14.0 Å². The minimum atomic E-state index is -0.679. The number of nitrogens with one attached hydrogen (secondary N) is 3. The van der Waals surface area contributed by atoms with Crippen molar-refractivity contribution in [2.75, 3.05) is 10.6 Å². The van der Waals surface area contributed by atoms with Gasteiger partial charge in [-0.25, -0.2) is 9.37 Å². The molecule has 0 bridgehead atoms. The van der Waals surface area contributed by atoms with Gasteiger partial charge in [0.25, 0.3) is 0 Å². The summed E-state index contributed by atoms with van der Waals surface area (Å²) in [5, 5.41) is 7.63. The van der Waals surface area contributed by atoms with Crippen molar-refractivity contribution in [2.45, 2.75) is 12.3 Å². The largest absolute Gasteiger partial charge is 0.360 e. The SMILES string of the molecule is O=C1C[C@@H](C(=O)Nc2nc(-c3ccc[nH]3)cs2)c2ccc(F)cc2N1. The predicted molar refractivity (Wildman–Crippen MR) is 92.9 cm³/mol. The number of fused-ring (bicyclic) bond motifs is 1. The molecule has 0 radical (unpaired) electrons. The van der Waals surface area contributed by atoms with Crippen LogP contribution in [0.1, 0.15) is 17.9 Å². The van der Waals surface area contributed by atoms with Gasteiger partial charge < -0.3 is 15.6 Å². The number of hydrogen-bond donors (Lipinski definition) is 3. The van der Waals surface area contributed by atoms with Crippen LogP contribution < -0.4 is 10.6 Å². The number of benzene rings is 1. The number of aromatic amines is 1. The number of aromatic nitrogens is 2. The first kappa shape index (κ1) is 15.5. The van der Waals surface area contributed by atoms with E-state index in [0.29, 0.717) is 16.4 Å². The molecule has 0 aliphatic carbocycles. The van der Waals surface area contributed by atoms with Gasteiger partial charge in [-0.3, -0.25) is 9.59 Å². The van der Waals surface area contributed by atoms with E-state index in [1.165, 1.54) is 29.5 Å². The Hall–Kier alpha value is -3.00. The molecule has 2 amide bonds. The van der Waals surface area contributed by atoms with E-state index < -0.39 is 11.7 Å². The van der Waals surface area contributed by atoms with Crippen LogP contribution in [0.4, 0.5) is 15.2 Å². The summed E-state index contributed by atoms with van der Waals surface area (Å²) in [6.45, 7) is 0. The van der Waals surface area contributed by atoms with Crippen molar-refractivity contribution in [1.82, 2.24) is 9.97 Å². The van der Waals surface area contributed by atoms with E-state index in [4.69, 9.17) is 0 Å². The second-order valence-corrected chi connectivity index (χ2v) is 6.51. The summed E-state index contributed by atoms with van der Waals surface area (Å²) < 4.78 is 13.4. The van der Waals surface area contributed by atoms with Crippen molar-refractivity contribution in [3.8, 4) is 11.4 Å². The van der Waals surface area contributed by atoms with Crippen molar-refractivity contribution in [3.63, 3.8) is 0 Å². The van der Waals surface area contributed by atoms with E-state index in [9.17, 15) is 14.0 Å². The lowest BCUT2D eigenvalue weighted by Gasteiger charge is -2.24. The fraction of sp³-hybridized carbons (Fsp3) is 0.118. The van der Waals surface area contributed by atoms with Crippen LogP contribution in [0.5, 0.6) is 0 Å². The number of carbonyl (C=O) groups is 2. The molecule has 8 heteroatoms. The summed E-state index contributed by atoms with van der Waals surface area (Å²) in [5.74, 6) is -1.79. The third-order valence-electron chi connectivity index (χ3n) is 3.98. The van der Waals surface area contributed by atoms with Crippen LogP contribution in [0.3, 0.4) is 0 Å². The molecule has 3 heterocycles. The maximum Gasteiger partial charge on any atom is 0.234 e. The molecule has 0 saturated heterocycles. The third-order valence-corrected chi connectivity index (χ3v) is 4.74. The molecule has 2 aromatic heterocycles. The highest BCUT2D eigenvalue weighted by molar-refractivity contribution is 7.14. The van der Waals surface area contributed by atoms with Gasteiger partial charge >= 0.3 is 0 Å². The van der Waals surface area contributed by atoms with Crippen molar-refractivity contribution >= 4 is 34.0 Å². The molecule has 25 heavy (non-hydrogen) atoms. The van der Waals surface area contributed by atoms with Crippen LogP contribution in [0, 0.1) is 5.82 Å². The number of anilines is 2. The molecule has 0 fully saturated rings. The maximum atomic E-state index is 13.4. The summed E-state index contributed by atoms with van der Waals surface area (Å²) in [7, 11) is 0. The van der Waals surface area contributed by atoms with E-state index >= 15 is 0 Å². The first-order valence-electron chi connectivity index (χ1n) is 7.59. The molecular formula is C17H13FN4O2S. The molecule has 3 N–H and O–H groups in total. The number of hydrogen-bond acceptors (Lipinski definition) is 4. The molecule has 4 rings (SSSR count). The number of amides is 2. The molecule has 1 aliphatic rings. The van der Waals surface area contributed by atoms with Gasteiger partial charge in [-0.2, -0.15) is 0 Å². The predicted octanol–water partition coefficient (Wildman–Crippen LogP) is 3.34. The number of nitrogens with zero attached hydrogens (tertiary/aromatic N) is 1. The Kier molecular flexibility index (Phi) is 3.81. The smallest absolute Gasteiger partial charge is 0.234 e. The van der Waals surface area contributed by atoms with E-state index in [2.05, 4.69) is 20.6 Å². The molecule has 1 aliphatic heterocycles. The second-order valence-electron chi connectivity index (χ2n) is 5.65. The Morgan fingerprint density at radius 2 is 2.24 bits per heavy atom. The van der Waals surface area contributed by atoms with Crippen LogP contribution >= 0.6 is 11.3 Å². The number of thiazole rings is 1. The van der Waals surface area contributed by atoms with E-state index in [-0.39, 0.29) is 18.2 Å². The molecule has 3 aromatic rings. The summed E-state index contributed by atoms with van der Waals surface area (Å²) in [6, 6.07) is 7.78. The van der Waals surface area contributed by atoms with Gasteiger partial charge in [0, 0.05) is 23.7 Å². The average molecular weight is 356 g/mol. The normalized spacial score (nSPS) is 16.2. The molecule has 6 nitrogen and oxygen atoms in total. The Morgan fingerprint density at radius 1 is 1.36 bits per heavy atom. The standard InChI is InChI=1S/C17H13FN4O2S/c18-9-3-4-10-11(7-15(23)20-13(10)6-9)16(24)22-17-21-14(8-25-17)12-2-1-5-19-12/h1-6,8,11,19H,7H2,(H,20,23)(H,21,22,24)/t11-/m1/s1. The highest BCUT2D eigenvalue weighted by atomic mass is 32.1. The zero-order valence-corrected chi connectivity index (χ0v) is 13.7. The van der Waals surface area contributed by atoms with Gasteiger partial charge in [0.2, 0.25) is 11.8 Å². The fourth-order valence-corrected chi connectivity index (χ4v) is 3.52. The Labute approximate surface area is 146 Å². The van der Waals surface area contributed by atoms with Gasteiger partial charge in [0.1, 0.15) is 5.82 Å². The quantitative estimate of drug-likeness (QED) is 0.673. The van der Waals surface area contributed by atoms with E-state index in [1.54, 1.807) is 6.20 Å². The maximum absolute atomic E-state index is 13.4. The fourth-order valence-electron chi connectivity index (χ4n) is 2.81. The zero-order chi connectivity index (χ0) is 17.4. The number of halogens is 1. The molecule has 0 saturated carbocycles. The van der Waals surface area contributed by atoms with Crippen molar-refractivity contribution in [1.29, 1.82) is 0 Å². The third kappa shape index (κ3) is 3.03. The second kappa shape index (κ2) is 6.14. The van der Waals surface area contributed by atoms with Crippen LogP contribution in [0.2, 0.25) is 0 Å². The molecule has 1 aromatic carbocycles. The van der Waals surface area contributed by atoms with Crippen molar-refractivity contribution in [3.05, 3.63) is 53.3 Å². The highest BCUT2D eigenvalue weighted by Crippen LogP contribution is 2.34. The van der Waals surface area contributed by atoms with Crippen molar-refractivity contribution in [2.24, 2.45) is 0 Å². The van der Waals surface area contributed by atoms with Gasteiger partial charge in [-0.05, 0) is 29.8 Å². The first-order valence-corrected chi connectivity index (χ1v) is 8.47. The lowest BCUT2D eigenvalue weighted by Crippen LogP contribution is -2.30. The lowest BCUT2D eigenvalue weighted by molar-refractivity contribution is -0.123. The van der Waals surface area contributed by atoms with Crippen LogP contribution in [-0.4, -0.2) is 21.8 Å². The Balaban J connectivity index is 1.57. The van der Waals surface area contributed by atoms with Gasteiger partial charge in [0.15, 0.2) is 5.13 Å². The molecule has 0 unspecified atom stereocenters. The summed E-state index contributed by atoms with van der Waals surface area (Å²) in [4.78, 5) is 31.9. The lowest BCUT2D eigenvalue weighted by atomic mass is 9.90. The van der Waals surface area contributed by atoms with Gasteiger partial charge in [-0.1, -0.05) is 6.07 Å². The summed E-state index contributed by atoms with van der Waals surface area (Å²) in [6.07, 6.45) is 1.81. The first-order chi connectivity index (χ1) is 12.1.